The van der Waals surface area contributed by atoms with Gasteiger partial charge in [0.25, 0.3) is 5.91 Å². The van der Waals surface area contributed by atoms with E-state index in [1.807, 2.05) is 38.1 Å². The van der Waals surface area contributed by atoms with Gasteiger partial charge >= 0.3 is 0 Å². The number of ether oxygens (including phenoxy) is 3. The van der Waals surface area contributed by atoms with E-state index >= 15 is 0 Å². The molecule has 34 heavy (non-hydrogen) atoms. The van der Waals surface area contributed by atoms with Crippen molar-refractivity contribution < 1.29 is 19.0 Å². The van der Waals surface area contributed by atoms with Crippen LogP contribution >= 0.6 is 39.1 Å². The average Bonchev–Trinajstić information content (AvgIpc) is 3.25. The zero-order valence-electron chi connectivity index (χ0n) is 18.8. The van der Waals surface area contributed by atoms with E-state index in [1.165, 1.54) is 0 Å². The lowest BCUT2D eigenvalue weighted by Crippen LogP contribution is -2.55. The molecule has 1 saturated heterocycles. The van der Waals surface area contributed by atoms with Gasteiger partial charge in [0.2, 0.25) is 0 Å². The maximum atomic E-state index is 13.4. The number of aromatic amines is 1. The summed E-state index contributed by atoms with van der Waals surface area (Å²) in [7, 11) is 1.61. The van der Waals surface area contributed by atoms with E-state index in [4.69, 9.17) is 37.4 Å². The van der Waals surface area contributed by atoms with Crippen molar-refractivity contribution in [3.8, 4) is 33.9 Å². The minimum absolute atomic E-state index is 0.161. The van der Waals surface area contributed by atoms with Crippen molar-refractivity contribution in [3.63, 3.8) is 0 Å². The quantitative estimate of drug-likeness (QED) is 0.395. The molecule has 0 atom stereocenters. The van der Waals surface area contributed by atoms with Crippen LogP contribution in [0.4, 0.5) is 0 Å². The summed E-state index contributed by atoms with van der Waals surface area (Å²) >= 11 is 16.1. The summed E-state index contributed by atoms with van der Waals surface area (Å²) < 4.78 is 17.9. The van der Waals surface area contributed by atoms with Gasteiger partial charge in [0.15, 0.2) is 11.4 Å². The molecule has 1 aromatic heterocycles. The Balaban J connectivity index is 1.59. The number of hydrogen-bond acceptors (Lipinski definition) is 5. The van der Waals surface area contributed by atoms with Gasteiger partial charge in [0, 0.05) is 23.2 Å². The topological polar surface area (TPSA) is 76.7 Å². The third kappa shape index (κ3) is 3.86. The molecule has 1 N–H and O–H groups in total. The molecule has 7 nitrogen and oxygen atoms in total. The summed E-state index contributed by atoms with van der Waals surface area (Å²) in [4.78, 5) is 15.2. The van der Waals surface area contributed by atoms with E-state index < -0.39 is 5.54 Å². The normalized spacial score (nSPS) is 16.5. The Labute approximate surface area is 215 Å². The van der Waals surface area contributed by atoms with E-state index in [1.54, 1.807) is 12.0 Å². The first-order valence-electron chi connectivity index (χ1n) is 10.7. The second-order valence-electron chi connectivity index (χ2n) is 8.85. The number of nitrogens with zero attached hydrogens (tertiary/aromatic N) is 2. The lowest BCUT2D eigenvalue weighted by molar-refractivity contribution is -0.0374. The molecule has 1 amide bonds. The number of carbonyl (C=O) groups excluding carboxylic acids is 1. The van der Waals surface area contributed by atoms with Gasteiger partial charge in [-0.3, -0.25) is 9.89 Å². The largest absolute Gasteiger partial charge is 0.496 e. The highest BCUT2D eigenvalue weighted by Gasteiger charge is 2.38. The Hall–Kier alpha value is -2.26. The Morgan fingerprint density at radius 2 is 1.94 bits per heavy atom. The summed E-state index contributed by atoms with van der Waals surface area (Å²) in [6.07, 6.45) is 0. The molecular formula is C24H22BrCl2N3O4. The fraction of sp³-hybridized carbons (Fsp3) is 0.333. The van der Waals surface area contributed by atoms with Gasteiger partial charge in [-0.1, -0.05) is 23.2 Å². The van der Waals surface area contributed by atoms with E-state index in [-0.39, 0.29) is 12.5 Å². The van der Waals surface area contributed by atoms with Crippen LogP contribution in [0.3, 0.4) is 0 Å². The highest BCUT2D eigenvalue weighted by Crippen LogP contribution is 2.45. The number of benzene rings is 2. The van der Waals surface area contributed by atoms with Crippen molar-refractivity contribution in [1.29, 1.82) is 0 Å². The molecule has 178 valence electrons. The van der Waals surface area contributed by atoms with E-state index in [0.717, 1.165) is 22.3 Å². The minimum Gasteiger partial charge on any atom is -0.496 e. The molecule has 3 aromatic rings. The number of aromatic nitrogens is 2. The molecule has 2 aliphatic rings. The molecule has 2 aromatic carbocycles. The predicted octanol–water partition coefficient (Wildman–Crippen LogP) is 5.97. The number of rotatable bonds is 3. The monoisotopic (exact) mass is 565 g/mol. The lowest BCUT2D eigenvalue weighted by atomic mass is 9.94. The summed E-state index contributed by atoms with van der Waals surface area (Å²) in [5.41, 5.74) is 3.84. The highest BCUT2D eigenvalue weighted by molar-refractivity contribution is 9.10. The van der Waals surface area contributed by atoms with Crippen LogP contribution in [-0.2, 0) is 11.3 Å². The lowest BCUT2D eigenvalue weighted by Gasteiger charge is -2.41. The number of morpholine rings is 1. The Kier molecular flexibility index (Phi) is 6.04. The maximum Gasteiger partial charge on any atom is 0.276 e. The standard InChI is InChI=1S/C24H22BrCl2N3O4/c1-24(2)11-33-5-4-30(24)23(31)21-22-20(28-29-21)15-9-14(18(32-3)8-13(15)10-34-22)12-6-16(26)19(25)17(27)7-12/h6-9H,4-5,10-11H2,1-3H3,(H,28,29). The Bertz CT molecular complexity index is 1280. The molecule has 5 rings (SSSR count). The fourth-order valence-electron chi connectivity index (χ4n) is 4.39. The van der Waals surface area contributed by atoms with Crippen LogP contribution in [0, 0.1) is 0 Å². The van der Waals surface area contributed by atoms with Gasteiger partial charge in [0.1, 0.15) is 18.1 Å². The zero-order valence-corrected chi connectivity index (χ0v) is 21.9. The van der Waals surface area contributed by atoms with Crippen molar-refractivity contribution in [2.24, 2.45) is 0 Å². The molecule has 10 heteroatoms. The Morgan fingerprint density at radius 1 is 1.21 bits per heavy atom. The zero-order chi connectivity index (χ0) is 24.2. The minimum atomic E-state index is -0.430. The number of halogens is 3. The van der Waals surface area contributed by atoms with Gasteiger partial charge in [-0.25, -0.2) is 0 Å². The van der Waals surface area contributed by atoms with Crippen LogP contribution in [0.2, 0.25) is 10.0 Å². The first-order chi connectivity index (χ1) is 16.2. The van der Waals surface area contributed by atoms with Gasteiger partial charge in [-0.05, 0) is 59.6 Å². The molecule has 2 aliphatic heterocycles. The summed E-state index contributed by atoms with van der Waals surface area (Å²) in [6.45, 7) is 5.72. The van der Waals surface area contributed by atoms with Crippen LogP contribution < -0.4 is 9.47 Å². The molecule has 0 aliphatic carbocycles. The third-order valence-corrected chi connectivity index (χ3v) is 8.08. The van der Waals surface area contributed by atoms with Crippen molar-refractivity contribution in [3.05, 3.63) is 50.0 Å². The van der Waals surface area contributed by atoms with Gasteiger partial charge in [-0.15, -0.1) is 0 Å². The van der Waals surface area contributed by atoms with E-state index in [2.05, 4.69) is 26.1 Å². The second-order valence-corrected chi connectivity index (χ2v) is 10.5. The summed E-state index contributed by atoms with van der Waals surface area (Å²) in [5, 5.41) is 8.38. The fourth-order valence-corrected chi connectivity index (χ4v) is 5.10. The summed E-state index contributed by atoms with van der Waals surface area (Å²) in [6, 6.07) is 7.53. The van der Waals surface area contributed by atoms with Crippen molar-refractivity contribution in [2.75, 3.05) is 26.9 Å². The Morgan fingerprint density at radius 3 is 2.62 bits per heavy atom. The molecule has 0 spiro atoms. The number of nitrogens with one attached hydrogen (secondary N) is 1. The highest BCUT2D eigenvalue weighted by atomic mass is 79.9. The number of carbonyl (C=O) groups is 1. The summed E-state index contributed by atoms with van der Waals surface area (Å²) in [5.74, 6) is 0.940. The van der Waals surface area contributed by atoms with Crippen LogP contribution in [-0.4, -0.2) is 53.4 Å². The van der Waals surface area contributed by atoms with Crippen molar-refractivity contribution in [2.45, 2.75) is 26.0 Å². The van der Waals surface area contributed by atoms with Crippen molar-refractivity contribution >= 4 is 45.0 Å². The van der Waals surface area contributed by atoms with E-state index in [0.29, 0.717) is 57.2 Å². The first kappa shape index (κ1) is 23.5. The number of H-pyrrole nitrogens is 1. The number of amides is 1. The molecular weight excluding hydrogens is 545 g/mol. The maximum absolute atomic E-state index is 13.4. The molecule has 0 unspecified atom stereocenters. The number of fused-ring (bicyclic) bond motifs is 3. The SMILES string of the molecule is COc1cc2c(cc1-c1cc(Cl)c(Br)c(Cl)c1)-c1n[nH]c(C(=O)N3CCOCC3(C)C)c1OC2. The van der Waals surface area contributed by atoms with E-state index in [9.17, 15) is 4.79 Å². The number of hydrogen-bond donors (Lipinski definition) is 1. The van der Waals surface area contributed by atoms with Gasteiger partial charge in [-0.2, -0.15) is 5.10 Å². The van der Waals surface area contributed by atoms with Crippen LogP contribution in [0.5, 0.6) is 11.5 Å². The van der Waals surface area contributed by atoms with Crippen molar-refractivity contribution in [1.82, 2.24) is 15.1 Å². The first-order valence-corrected chi connectivity index (χ1v) is 12.2. The molecule has 1 fully saturated rings. The third-order valence-electron chi connectivity index (χ3n) is 6.17. The molecule has 0 radical (unpaired) electrons. The average molecular weight is 567 g/mol. The van der Waals surface area contributed by atoms with Crippen LogP contribution in [0.15, 0.2) is 28.7 Å². The van der Waals surface area contributed by atoms with Gasteiger partial charge in [0.05, 0.1) is 40.4 Å². The van der Waals surface area contributed by atoms with Crippen LogP contribution in [0.1, 0.15) is 29.9 Å². The molecule has 3 heterocycles. The van der Waals surface area contributed by atoms with Gasteiger partial charge < -0.3 is 19.1 Å². The predicted molar refractivity (Wildman–Crippen MR) is 134 cm³/mol. The molecule has 0 bridgehead atoms. The molecule has 0 saturated carbocycles. The smallest absolute Gasteiger partial charge is 0.276 e. The second kappa shape index (κ2) is 8.75. The van der Waals surface area contributed by atoms with Crippen LogP contribution in [0.25, 0.3) is 22.4 Å². The number of methoxy groups -OCH3 is 1.